The molecule has 0 N–H and O–H groups in total. The zero-order valence-corrected chi connectivity index (χ0v) is 10.3. The Morgan fingerprint density at radius 3 is 2.81 bits per heavy atom. The molecule has 0 spiro atoms. The lowest BCUT2D eigenvalue weighted by atomic mass is 10.1. The Morgan fingerprint density at radius 2 is 2.19 bits per heavy atom. The van der Waals surface area contributed by atoms with Crippen LogP contribution in [0.3, 0.4) is 0 Å². The van der Waals surface area contributed by atoms with Crippen molar-refractivity contribution in [3.8, 4) is 0 Å². The maximum atomic E-state index is 11.5. The number of carbonyl (C=O) groups excluding carboxylic acids is 1. The fraction of sp³-hybridized carbons (Fsp3) is 0.750. The summed E-state index contributed by atoms with van der Waals surface area (Å²) in [6.45, 7) is 6.17. The summed E-state index contributed by atoms with van der Waals surface area (Å²) in [5.74, 6) is 1.72. The highest BCUT2D eigenvalue weighted by Gasteiger charge is 2.12. The molecule has 0 amide bonds. The van der Waals surface area contributed by atoms with E-state index in [0.717, 1.165) is 19.3 Å². The van der Waals surface area contributed by atoms with Crippen LogP contribution in [0.4, 0.5) is 0 Å². The maximum absolute atomic E-state index is 11.5. The maximum Gasteiger partial charge on any atom is 0.234 e. The van der Waals surface area contributed by atoms with Gasteiger partial charge in [0.15, 0.2) is 5.82 Å². The lowest BCUT2D eigenvalue weighted by Gasteiger charge is -2.00. The van der Waals surface area contributed by atoms with Crippen molar-refractivity contribution in [3.05, 3.63) is 11.7 Å². The predicted octanol–water partition coefficient (Wildman–Crippen LogP) is 2.57. The average molecular weight is 224 g/mol. The monoisotopic (exact) mass is 224 g/mol. The van der Waals surface area contributed by atoms with Gasteiger partial charge in [-0.3, -0.25) is 4.79 Å². The molecule has 0 atom stereocenters. The van der Waals surface area contributed by atoms with E-state index in [9.17, 15) is 4.79 Å². The van der Waals surface area contributed by atoms with Crippen LogP contribution in [0.5, 0.6) is 0 Å². The first-order valence-electron chi connectivity index (χ1n) is 5.95. The van der Waals surface area contributed by atoms with Crippen molar-refractivity contribution in [2.75, 3.05) is 0 Å². The lowest BCUT2D eigenvalue weighted by molar-refractivity contribution is -0.119. The molecule has 1 heterocycles. The summed E-state index contributed by atoms with van der Waals surface area (Å²) in [5, 5.41) is 3.85. The van der Waals surface area contributed by atoms with Crippen LogP contribution in [-0.2, 0) is 17.6 Å². The first-order chi connectivity index (χ1) is 7.61. The molecule has 1 aromatic heterocycles. The van der Waals surface area contributed by atoms with Crippen molar-refractivity contribution in [1.29, 1.82) is 0 Å². The number of hydrogen-bond acceptors (Lipinski definition) is 4. The Kier molecular flexibility index (Phi) is 5.15. The Bertz CT molecular complexity index is 332. The van der Waals surface area contributed by atoms with E-state index in [1.54, 1.807) is 0 Å². The molecule has 4 heteroatoms. The van der Waals surface area contributed by atoms with Crippen molar-refractivity contribution in [1.82, 2.24) is 10.1 Å². The van der Waals surface area contributed by atoms with Crippen LogP contribution in [0.15, 0.2) is 4.52 Å². The largest absolute Gasteiger partial charge is 0.339 e. The quantitative estimate of drug-likeness (QED) is 0.714. The van der Waals surface area contributed by atoms with Gasteiger partial charge in [-0.2, -0.15) is 4.98 Å². The standard InChI is InChI=1S/C12H20N2O2/c1-4-5-6-11-13-12(16-14-11)8-10(15)7-9(2)3/h9H,4-8H2,1-3H3. The number of Topliss-reactive ketones (excluding diaryl/α,β-unsaturated/α-hetero) is 1. The SMILES string of the molecule is CCCCc1noc(CC(=O)CC(C)C)n1. The average Bonchev–Trinajstić information content (AvgIpc) is 2.61. The number of carbonyl (C=O) groups is 1. The molecule has 1 aromatic rings. The molecule has 0 aliphatic rings. The van der Waals surface area contributed by atoms with Crippen molar-refractivity contribution in [2.24, 2.45) is 5.92 Å². The molecular formula is C12H20N2O2. The summed E-state index contributed by atoms with van der Waals surface area (Å²) in [4.78, 5) is 15.7. The number of unbranched alkanes of at least 4 members (excludes halogenated alkanes) is 1. The normalized spacial score (nSPS) is 11.0. The molecular weight excluding hydrogens is 204 g/mol. The van der Waals surface area contributed by atoms with Crippen LogP contribution >= 0.6 is 0 Å². The molecule has 0 aromatic carbocycles. The molecule has 4 nitrogen and oxygen atoms in total. The Balaban J connectivity index is 2.42. The van der Waals surface area contributed by atoms with Crippen LogP contribution in [0.2, 0.25) is 0 Å². The van der Waals surface area contributed by atoms with Crippen molar-refractivity contribution in [2.45, 2.75) is 52.9 Å². The second-order valence-electron chi connectivity index (χ2n) is 4.52. The summed E-state index contributed by atoms with van der Waals surface area (Å²) < 4.78 is 5.03. The summed E-state index contributed by atoms with van der Waals surface area (Å²) in [7, 11) is 0. The van der Waals surface area contributed by atoms with Gasteiger partial charge in [-0.05, 0) is 12.3 Å². The molecule has 0 unspecified atom stereocenters. The van der Waals surface area contributed by atoms with Gasteiger partial charge >= 0.3 is 0 Å². The van der Waals surface area contributed by atoms with Gasteiger partial charge in [0.1, 0.15) is 5.78 Å². The summed E-state index contributed by atoms with van der Waals surface area (Å²) in [6.07, 6.45) is 3.84. The minimum Gasteiger partial charge on any atom is -0.339 e. The van der Waals surface area contributed by atoms with Gasteiger partial charge in [-0.15, -0.1) is 0 Å². The molecule has 0 saturated carbocycles. The minimum absolute atomic E-state index is 0.167. The molecule has 0 saturated heterocycles. The van der Waals surface area contributed by atoms with E-state index in [1.165, 1.54) is 0 Å². The number of ketones is 1. The fourth-order valence-electron chi connectivity index (χ4n) is 1.49. The van der Waals surface area contributed by atoms with Gasteiger partial charge in [0.05, 0.1) is 6.42 Å². The van der Waals surface area contributed by atoms with E-state index in [4.69, 9.17) is 4.52 Å². The van der Waals surface area contributed by atoms with Crippen LogP contribution in [0, 0.1) is 5.92 Å². The minimum atomic E-state index is 0.167. The summed E-state index contributed by atoms with van der Waals surface area (Å²) in [6, 6.07) is 0. The number of aromatic nitrogens is 2. The molecule has 90 valence electrons. The number of nitrogens with zero attached hydrogens (tertiary/aromatic N) is 2. The van der Waals surface area contributed by atoms with Gasteiger partial charge in [0.2, 0.25) is 5.89 Å². The summed E-state index contributed by atoms with van der Waals surface area (Å²) in [5.41, 5.74) is 0. The van der Waals surface area contributed by atoms with Gasteiger partial charge in [-0.1, -0.05) is 32.3 Å². The zero-order chi connectivity index (χ0) is 12.0. The van der Waals surface area contributed by atoms with Crippen molar-refractivity contribution >= 4 is 5.78 Å². The third-order valence-electron chi connectivity index (χ3n) is 2.25. The highest BCUT2D eigenvalue weighted by molar-refractivity contribution is 5.80. The van der Waals surface area contributed by atoms with Gasteiger partial charge in [0.25, 0.3) is 0 Å². The number of rotatable bonds is 7. The molecule has 0 aliphatic carbocycles. The predicted molar refractivity (Wildman–Crippen MR) is 61.1 cm³/mol. The van der Waals surface area contributed by atoms with Crippen LogP contribution in [-0.4, -0.2) is 15.9 Å². The third-order valence-corrected chi connectivity index (χ3v) is 2.25. The second kappa shape index (κ2) is 6.40. The van der Waals surface area contributed by atoms with Crippen molar-refractivity contribution < 1.29 is 9.32 Å². The summed E-state index contributed by atoms with van der Waals surface area (Å²) >= 11 is 0. The number of aryl methyl sites for hydroxylation is 1. The third kappa shape index (κ3) is 4.55. The smallest absolute Gasteiger partial charge is 0.234 e. The molecule has 0 bridgehead atoms. The van der Waals surface area contributed by atoms with E-state index in [2.05, 4.69) is 17.1 Å². The van der Waals surface area contributed by atoms with Gasteiger partial charge in [0, 0.05) is 12.8 Å². The Morgan fingerprint density at radius 1 is 1.44 bits per heavy atom. The fourth-order valence-corrected chi connectivity index (χ4v) is 1.49. The Hall–Kier alpha value is -1.19. The number of hydrogen-bond donors (Lipinski definition) is 0. The van der Waals surface area contributed by atoms with Gasteiger partial charge in [-0.25, -0.2) is 0 Å². The molecule has 1 rings (SSSR count). The van der Waals surface area contributed by atoms with Crippen LogP contribution in [0.1, 0.15) is 51.7 Å². The van der Waals surface area contributed by atoms with Crippen LogP contribution < -0.4 is 0 Å². The van der Waals surface area contributed by atoms with E-state index in [-0.39, 0.29) is 12.2 Å². The first kappa shape index (κ1) is 12.9. The van der Waals surface area contributed by atoms with Crippen LogP contribution in [0.25, 0.3) is 0 Å². The highest BCUT2D eigenvalue weighted by Crippen LogP contribution is 2.07. The van der Waals surface area contributed by atoms with E-state index in [1.807, 2.05) is 13.8 Å². The van der Waals surface area contributed by atoms with E-state index >= 15 is 0 Å². The lowest BCUT2D eigenvalue weighted by Crippen LogP contribution is -2.06. The van der Waals surface area contributed by atoms with Gasteiger partial charge < -0.3 is 4.52 Å². The van der Waals surface area contributed by atoms with Crippen molar-refractivity contribution in [3.63, 3.8) is 0 Å². The van der Waals surface area contributed by atoms with E-state index < -0.39 is 0 Å². The molecule has 16 heavy (non-hydrogen) atoms. The zero-order valence-electron chi connectivity index (χ0n) is 10.3. The molecule has 0 aliphatic heterocycles. The first-order valence-corrected chi connectivity index (χ1v) is 5.95. The molecule has 0 radical (unpaired) electrons. The highest BCUT2D eigenvalue weighted by atomic mass is 16.5. The second-order valence-corrected chi connectivity index (χ2v) is 4.52. The van der Waals surface area contributed by atoms with E-state index in [0.29, 0.717) is 24.1 Å². The molecule has 0 fully saturated rings. The topological polar surface area (TPSA) is 56.0 Å². The Labute approximate surface area is 96.4 Å².